The van der Waals surface area contributed by atoms with Crippen molar-refractivity contribution in [3.63, 3.8) is 0 Å². The first-order valence-electron chi connectivity index (χ1n) is 15.1. The number of ether oxygens (including phenoxy) is 2. The predicted molar refractivity (Wildman–Crippen MR) is 173 cm³/mol. The van der Waals surface area contributed by atoms with Gasteiger partial charge in [0.2, 0.25) is 11.8 Å². The summed E-state index contributed by atoms with van der Waals surface area (Å²) >= 11 is 0. The van der Waals surface area contributed by atoms with Gasteiger partial charge in [0.05, 0.1) is 29.7 Å². The number of amides is 2. The first-order valence-corrected chi connectivity index (χ1v) is 16.6. The lowest BCUT2D eigenvalue weighted by atomic mass is 10.1. The highest BCUT2D eigenvalue weighted by Gasteiger charge is 2.35. The van der Waals surface area contributed by atoms with E-state index in [1.54, 1.807) is 50.4 Å². The molecule has 1 aliphatic rings. The topological polar surface area (TPSA) is 148 Å². The summed E-state index contributed by atoms with van der Waals surface area (Å²) in [5.41, 5.74) is 0.790. The van der Waals surface area contributed by atoms with Crippen LogP contribution in [0.15, 0.2) is 71.6 Å². The molecule has 13 heteroatoms. The van der Waals surface area contributed by atoms with E-state index in [0.29, 0.717) is 29.0 Å². The minimum absolute atomic E-state index is 0.0213. The van der Waals surface area contributed by atoms with Crippen molar-refractivity contribution in [2.45, 2.75) is 69.5 Å². The van der Waals surface area contributed by atoms with Crippen molar-refractivity contribution >= 4 is 33.2 Å². The number of nitrogens with one attached hydrogen (secondary N) is 1. The molecular weight excluding hydrogens is 612 g/mol. The van der Waals surface area contributed by atoms with Gasteiger partial charge in [0.15, 0.2) is 0 Å². The molecule has 3 aromatic carbocycles. The third kappa shape index (κ3) is 7.94. The number of hydrogen-bond acceptors (Lipinski definition) is 8. The van der Waals surface area contributed by atoms with E-state index in [9.17, 15) is 28.1 Å². The number of nitro groups is 1. The molecule has 0 unspecified atom stereocenters. The number of carbonyl (C=O) groups is 2. The lowest BCUT2D eigenvalue weighted by Crippen LogP contribution is -2.53. The van der Waals surface area contributed by atoms with Crippen LogP contribution in [-0.2, 0) is 26.2 Å². The Balaban J connectivity index is 1.75. The smallest absolute Gasteiger partial charge is 0.273 e. The number of hydrogen-bond donors (Lipinski definition) is 1. The fourth-order valence-corrected chi connectivity index (χ4v) is 7.00. The van der Waals surface area contributed by atoms with Gasteiger partial charge in [0, 0.05) is 24.2 Å². The molecule has 1 fully saturated rings. The van der Waals surface area contributed by atoms with Crippen molar-refractivity contribution in [2.24, 2.45) is 0 Å². The normalized spacial score (nSPS) is 13.9. The number of carbonyl (C=O) groups excluding carboxylic acids is 2. The molecule has 0 saturated heterocycles. The van der Waals surface area contributed by atoms with Gasteiger partial charge < -0.3 is 19.7 Å². The van der Waals surface area contributed by atoms with E-state index in [4.69, 9.17) is 9.47 Å². The molecule has 0 heterocycles. The summed E-state index contributed by atoms with van der Waals surface area (Å²) in [6, 6.07) is 15.9. The number of aryl methyl sites for hydroxylation is 1. The van der Waals surface area contributed by atoms with Gasteiger partial charge in [-0.2, -0.15) is 0 Å². The number of nitrogens with zero attached hydrogens (tertiary/aromatic N) is 3. The maximum Gasteiger partial charge on any atom is 0.273 e. The maximum atomic E-state index is 14.3. The van der Waals surface area contributed by atoms with Crippen molar-refractivity contribution < 1.29 is 32.4 Å². The van der Waals surface area contributed by atoms with E-state index in [1.807, 2.05) is 0 Å². The van der Waals surface area contributed by atoms with Gasteiger partial charge >= 0.3 is 0 Å². The van der Waals surface area contributed by atoms with Crippen LogP contribution in [0.3, 0.4) is 0 Å². The number of methoxy groups -OCH3 is 2. The number of sulfonamides is 1. The molecule has 12 nitrogen and oxygen atoms in total. The van der Waals surface area contributed by atoms with Crippen LogP contribution in [-0.4, -0.2) is 62.9 Å². The summed E-state index contributed by atoms with van der Waals surface area (Å²) in [6.45, 7) is 2.68. The second kappa shape index (κ2) is 15.1. The minimum Gasteiger partial charge on any atom is -0.497 e. The van der Waals surface area contributed by atoms with E-state index in [0.717, 1.165) is 36.1 Å². The van der Waals surface area contributed by atoms with Crippen molar-refractivity contribution in [1.29, 1.82) is 0 Å². The van der Waals surface area contributed by atoms with Gasteiger partial charge in [-0.1, -0.05) is 38.0 Å². The van der Waals surface area contributed by atoms with E-state index >= 15 is 0 Å². The zero-order valence-electron chi connectivity index (χ0n) is 26.5. The minimum atomic E-state index is -4.50. The first-order chi connectivity index (χ1) is 22.0. The molecule has 3 aromatic rings. The lowest BCUT2D eigenvalue weighted by Gasteiger charge is -2.33. The molecule has 1 N–H and O–H groups in total. The SMILES string of the molecule is CC[C@@H](C(=O)NC1CCCC1)N(Cc1ccc(OC)cc1)C(=O)CN(c1ccc(OC)cc1)S(=O)(=O)c1ccc(C)c([N+](=O)[O-])c1. The fraction of sp³-hybridized carbons (Fsp3) is 0.394. The second-order valence-corrected chi connectivity index (χ2v) is 13.1. The summed E-state index contributed by atoms with van der Waals surface area (Å²) in [5, 5.41) is 14.7. The number of rotatable bonds is 14. The Morgan fingerprint density at radius 1 is 0.978 bits per heavy atom. The second-order valence-electron chi connectivity index (χ2n) is 11.2. The van der Waals surface area contributed by atoms with Crippen molar-refractivity contribution in [3.8, 4) is 11.5 Å². The first kappa shape index (κ1) is 34.2. The zero-order chi connectivity index (χ0) is 33.4. The largest absolute Gasteiger partial charge is 0.497 e. The number of anilines is 1. The third-order valence-corrected chi connectivity index (χ3v) is 9.97. The van der Waals surface area contributed by atoms with Crippen LogP contribution < -0.4 is 19.1 Å². The van der Waals surface area contributed by atoms with Crippen LogP contribution in [0.25, 0.3) is 0 Å². The van der Waals surface area contributed by atoms with Gasteiger partial charge in [-0.25, -0.2) is 8.42 Å². The highest BCUT2D eigenvalue weighted by Crippen LogP contribution is 2.30. The molecular formula is C33H40N4O8S. The zero-order valence-corrected chi connectivity index (χ0v) is 27.3. The number of benzene rings is 3. The summed E-state index contributed by atoms with van der Waals surface area (Å²) in [6.07, 6.45) is 4.05. The Labute approximate surface area is 269 Å². The molecule has 46 heavy (non-hydrogen) atoms. The van der Waals surface area contributed by atoms with Gasteiger partial charge in [-0.05, 0) is 74.2 Å². The van der Waals surface area contributed by atoms with Crippen molar-refractivity contribution in [2.75, 3.05) is 25.1 Å². The van der Waals surface area contributed by atoms with Crippen LogP contribution in [0.5, 0.6) is 11.5 Å². The average molecular weight is 653 g/mol. The van der Waals surface area contributed by atoms with Gasteiger partial charge in [0.1, 0.15) is 24.1 Å². The molecule has 2 amide bonds. The monoisotopic (exact) mass is 652 g/mol. The predicted octanol–water partition coefficient (Wildman–Crippen LogP) is 4.98. The van der Waals surface area contributed by atoms with E-state index in [1.165, 1.54) is 43.2 Å². The molecule has 1 aliphatic carbocycles. The Morgan fingerprint density at radius 2 is 1.57 bits per heavy atom. The summed E-state index contributed by atoms with van der Waals surface area (Å²) < 4.78 is 39.7. The fourth-order valence-electron chi connectivity index (χ4n) is 5.57. The number of nitro benzene ring substituents is 1. The van der Waals surface area contributed by atoms with Gasteiger partial charge in [0.25, 0.3) is 15.7 Å². The standard InChI is InChI=1S/C33H40N4O8S/c1-5-30(33(39)34-25-8-6-7-9-25)35(21-24-11-15-27(44-3)16-12-24)32(38)22-36(26-13-17-28(45-4)18-14-26)46(42,43)29-19-10-23(2)31(20-29)37(40)41/h10-20,25,30H,5-9,21-22H2,1-4H3,(H,34,39)/t30-/m0/s1. The Bertz CT molecular complexity index is 1640. The van der Waals surface area contributed by atoms with E-state index in [2.05, 4.69) is 5.32 Å². The highest BCUT2D eigenvalue weighted by atomic mass is 32.2. The van der Waals surface area contributed by atoms with Gasteiger partial charge in [-0.3, -0.25) is 24.0 Å². The Morgan fingerprint density at radius 3 is 2.11 bits per heavy atom. The Kier molecular flexibility index (Phi) is 11.2. The van der Waals surface area contributed by atoms with Crippen LogP contribution >= 0.6 is 0 Å². The molecule has 0 bridgehead atoms. The van der Waals surface area contributed by atoms with Crippen LogP contribution in [0.2, 0.25) is 0 Å². The van der Waals surface area contributed by atoms with E-state index < -0.39 is 33.4 Å². The van der Waals surface area contributed by atoms with Crippen molar-refractivity contribution in [3.05, 3.63) is 88.0 Å². The molecule has 1 atom stereocenters. The highest BCUT2D eigenvalue weighted by molar-refractivity contribution is 7.92. The van der Waals surface area contributed by atoms with Crippen LogP contribution in [0.4, 0.5) is 11.4 Å². The quantitative estimate of drug-likeness (QED) is 0.189. The van der Waals surface area contributed by atoms with Crippen LogP contribution in [0, 0.1) is 17.0 Å². The molecule has 0 spiro atoms. The molecule has 1 saturated carbocycles. The molecule has 0 aliphatic heterocycles. The average Bonchev–Trinajstić information content (AvgIpc) is 3.56. The molecule has 246 valence electrons. The third-order valence-electron chi connectivity index (χ3n) is 8.20. The van der Waals surface area contributed by atoms with E-state index in [-0.39, 0.29) is 34.8 Å². The summed E-state index contributed by atoms with van der Waals surface area (Å²) in [7, 11) is -1.49. The van der Waals surface area contributed by atoms with Crippen molar-refractivity contribution in [1.82, 2.24) is 10.2 Å². The molecule has 4 rings (SSSR count). The molecule has 0 radical (unpaired) electrons. The maximum absolute atomic E-state index is 14.3. The van der Waals surface area contributed by atoms with Gasteiger partial charge in [-0.15, -0.1) is 0 Å². The summed E-state index contributed by atoms with van der Waals surface area (Å²) in [4.78, 5) is 40.0. The van der Waals surface area contributed by atoms with Crippen LogP contribution in [0.1, 0.15) is 50.2 Å². The lowest BCUT2D eigenvalue weighted by molar-refractivity contribution is -0.385. The summed E-state index contributed by atoms with van der Waals surface area (Å²) in [5.74, 6) is 0.167. The molecule has 0 aromatic heterocycles. The Hall–Kier alpha value is -4.65.